The van der Waals surface area contributed by atoms with Crippen LogP contribution in [-0.2, 0) is 4.74 Å². The predicted molar refractivity (Wildman–Crippen MR) is 93.1 cm³/mol. The Morgan fingerprint density at radius 1 is 1.24 bits per heavy atom. The van der Waals surface area contributed by atoms with Gasteiger partial charge < -0.3 is 10.1 Å². The predicted octanol–water partition coefficient (Wildman–Crippen LogP) is 5.16. The largest absolute Gasteiger partial charge is 0.381 e. The first-order valence-electron chi connectivity index (χ1n) is 7.52. The fraction of sp³-hybridized carbons (Fsp3) is 0.625. The van der Waals surface area contributed by atoms with Crippen molar-refractivity contribution in [3.8, 4) is 0 Å². The molecule has 2 aliphatic rings. The molecule has 3 rings (SSSR count). The molecule has 2 fully saturated rings. The highest BCUT2D eigenvalue weighted by Gasteiger charge is 2.38. The molecular formula is C16H21Cl2NOS. The van der Waals surface area contributed by atoms with E-state index in [0.29, 0.717) is 6.04 Å². The molecule has 2 aliphatic heterocycles. The van der Waals surface area contributed by atoms with E-state index in [1.807, 2.05) is 30.8 Å². The van der Waals surface area contributed by atoms with Crippen molar-refractivity contribution in [1.82, 2.24) is 0 Å². The van der Waals surface area contributed by atoms with Gasteiger partial charge in [-0.15, -0.1) is 0 Å². The minimum atomic E-state index is 0.0855. The fourth-order valence-electron chi connectivity index (χ4n) is 3.22. The lowest BCUT2D eigenvalue weighted by Gasteiger charge is -2.43. The summed E-state index contributed by atoms with van der Waals surface area (Å²) in [6.07, 6.45) is 4.42. The minimum absolute atomic E-state index is 0.0855. The third-order valence-corrected chi connectivity index (χ3v) is 6.21. The molecule has 0 saturated carbocycles. The van der Waals surface area contributed by atoms with Crippen LogP contribution in [0.5, 0.6) is 0 Å². The van der Waals surface area contributed by atoms with Gasteiger partial charge in [0.05, 0.1) is 16.3 Å². The first kappa shape index (κ1) is 15.8. The Balaban J connectivity index is 1.71. The molecule has 1 N–H and O–H groups in total. The number of anilines is 1. The van der Waals surface area contributed by atoms with E-state index in [-0.39, 0.29) is 5.60 Å². The standard InChI is InChI=1S/C16H21Cl2NOS/c1-11-8-14(18)15(9-13(11)17)19-12-2-5-20-16(10-12)3-6-21-7-4-16/h8-9,12,19H,2-7,10H2,1H3. The van der Waals surface area contributed by atoms with Gasteiger partial charge in [0, 0.05) is 17.7 Å². The molecule has 0 radical (unpaired) electrons. The Morgan fingerprint density at radius 3 is 2.76 bits per heavy atom. The SMILES string of the molecule is Cc1cc(Cl)c(NC2CCOC3(CCSCC3)C2)cc1Cl. The Morgan fingerprint density at radius 2 is 2.00 bits per heavy atom. The van der Waals surface area contributed by atoms with Gasteiger partial charge in [-0.2, -0.15) is 11.8 Å². The molecule has 2 saturated heterocycles. The van der Waals surface area contributed by atoms with Crippen LogP contribution < -0.4 is 5.32 Å². The maximum atomic E-state index is 6.34. The van der Waals surface area contributed by atoms with Gasteiger partial charge in [0.1, 0.15) is 0 Å². The van der Waals surface area contributed by atoms with Gasteiger partial charge in [0.25, 0.3) is 0 Å². The van der Waals surface area contributed by atoms with Crippen LogP contribution >= 0.6 is 35.0 Å². The summed E-state index contributed by atoms with van der Waals surface area (Å²) >= 11 is 14.6. The molecule has 1 aromatic rings. The zero-order chi connectivity index (χ0) is 14.9. The van der Waals surface area contributed by atoms with Crippen LogP contribution in [0.2, 0.25) is 10.0 Å². The minimum Gasteiger partial charge on any atom is -0.381 e. The van der Waals surface area contributed by atoms with Crippen LogP contribution in [0.1, 0.15) is 31.2 Å². The van der Waals surface area contributed by atoms with Crippen molar-refractivity contribution in [2.24, 2.45) is 0 Å². The van der Waals surface area contributed by atoms with Crippen molar-refractivity contribution in [2.75, 3.05) is 23.4 Å². The first-order valence-corrected chi connectivity index (χ1v) is 9.43. The number of hydrogen-bond acceptors (Lipinski definition) is 3. The Bertz CT molecular complexity index is 512. The molecule has 21 heavy (non-hydrogen) atoms. The maximum Gasteiger partial charge on any atom is 0.0717 e. The van der Waals surface area contributed by atoms with Crippen molar-refractivity contribution in [2.45, 2.75) is 44.2 Å². The number of nitrogens with one attached hydrogen (secondary N) is 1. The smallest absolute Gasteiger partial charge is 0.0717 e. The molecule has 2 heterocycles. The number of hydrogen-bond donors (Lipinski definition) is 1. The molecule has 1 unspecified atom stereocenters. The molecule has 1 aromatic carbocycles. The highest BCUT2D eigenvalue weighted by atomic mass is 35.5. The fourth-order valence-corrected chi connectivity index (χ4v) is 4.89. The molecule has 2 nitrogen and oxygen atoms in total. The summed E-state index contributed by atoms with van der Waals surface area (Å²) in [4.78, 5) is 0. The van der Waals surface area contributed by atoms with Gasteiger partial charge in [-0.05, 0) is 61.8 Å². The number of benzene rings is 1. The van der Waals surface area contributed by atoms with Crippen molar-refractivity contribution in [3.63, 3.8) is 0 Å². The first-order chi connectivity index (χ1) is 10.1. The third-order valence-electron chi connectivity index (χ3n) is 4.50. The zero-order valence-corrected chi connectivity index (χ0v) is 14.6. The second kappa shape index (κ2) is 6.57. The molecule has 1 atom stereocenters. The van der Waals surface area contributed by atoms with E-state index >= 15 is 0 Å². The van der Waals surface area contributed by atoms with Crippen molar-refractivity contribution < 1.29 is 4.74 Å². The van der Waals surface area contributed by atoms with E-state index in [2.05, 4.69) is 5.32 Å². The van der Waals surface area contributed by atoms with Crippen molar-refractivity contribution in [3.05, 3.63) is 27.7 Å². The lowest BCUT2D eigenvalue weighted by molar-refractivity contribution is -0.0865. The van der Waals surface area contributed by atoms with Crippen LogP contribution in [0.25, 0.3) is 0 Å². The van der Waals surface area contributed by atoms with Crippen LogP contribution in [0.15, 0.2) is 12.1 Å². The van der Waals surface area contributed by atoms with Crippen LogP contribution in [-0.4, -0.2) is 29.8 Å². The molecule has 0 amide bonds. The lowest BCUT2D eigenvalue weighted by atomic mass is 9.85. The highest BCUT2D eigenvalue weighted by molar-refractivity contribution is 7.99. The molecule has 0 aliphatic carbocycles. The second-order valence-electron chi connectivity index (χ2n) is 6.06. The van der Waals surface area contributed by atoms with Gasteiger partial charge >= 0.3 is 0 Å². The summed E-state index contributed by atoms with van der Waals surface area (Å²) in [5, 5.41) is 5.09. The van der Waals surface area contributed by atoms with Crippen molar-refractivity contribution >= 4 is 40.7 Å². The summed E-state index contributed by atoms with van der Waals surface area (Å²) in [6.45, 7) is 2.81. The number of rotatable bonds is 2. The van der Waals surface area contributed by atoms with E-state index < -0.39 is 0 Å². The Kier molecular flexibility index (Phi) is 4.94. The summed E-state index contributed by atoms with van der Waals surface area (Å²) < 4.78 is 6.14. The Hall–Kier alpha value is -0.0900. The maximum absolute atomic E-state index is 6.34. The average molecular weight is 346 g/mol. The topological polar surface area (TPSA) is 21.3 Å². The summed E-state index contributed by atoms with van der Waals surface area (Å²) in [5.41, 5.74) is 2.04. The van der Waals surface area contributed by atoms with Gasteiger partial charge in [-0.1, -0.05) is 23.2 Å². The lowest BCUT2D eigenvalue weighted by Crippen LogP contribution is -2.46. The number of thioether (sulfide) groups is 1. The van der Waals surface area contributed by atoms with E-state index in [4.69, 9.17) is 27.9 Å². The van der Waals surface area contributed by atoms with Gasteiger partial charge in [-0.3, -0.25) is 0 Å². The molecule has 1 spiro atoms. The van der Waals surface area contributed by atoms with Crippen molar-refractivity contribution in [1.29, 1.82) is 0 Å². The van der Waals surface area contributed by atoms with E-state index in [9.17, 15) is 0 Å². The van der Waals surface area contributed by atoms with E-state index in [1.165, 1.54) is 11.5 Å². The van der Waals surface area contributed by atoms with Gasteiger partial charge in [0.2, 0.25) is 0 Å². The van der Waals surface area contributed by atoms with Crippen LogP contribution in [0.4, 0.5) is 5.69 Å². The van der Waals surface area contributed by atoms with Crippen LogP contribution in [0, 0.1) is 6.92 Å². The third kappa shape index (κ3) is 3.64. The quantitative estimate of drug-likeness (QED) is 0.799. The second-order valence-corrected chi connectivity index (χ2v) is 8.10. The van der Waals surface area contributed by atoms with Gasteiger partial charge in [-0.25, -0.2) is 0 Å². The summed E-state index contributed by atoms with van der Waals surface area (Å²) in [7, 11) is 0. The monoisotopic (exact) mass is 345 g/mol. The Labute approximate surface area is 140 Å². The summed E-state index contributed by atoms with van der Waals surface area (Å²) in [6, 6.07) is 4.29. The number of halogens is 2. The summed E-state index contributed by atoms with van der Waals surface area (Å²) in [5.74, 6) is 2.42. The zero-order valence-electron chi connectivity index (χ0n) is 12.3. The number of ether oxygens (including phenoxy) is 1. The normalized spacial score (nSPS) is 25.0. The van der Waals surface area contributed by atoms with E-state index in [1.54, 1.807) is 0 Å². The van der Waals surface area contributed by atoms with Gasteiger partial charge in [0.15, 0.2) is 0 Å². The highest BCUT2D eigenvalue weighted by Crippen LogP contribution is 2.39. The molecule has 116 valence electrons. The molecular weight excluding hydrogens is 325 g/mol. The average Bonchev–Trinajstić information content (AvgIpc) is 2.46. The molecule has 0 aromatic heterocycles. The number of aryl methyl sites for hydroxylation is 1. The molecule has 0 bridgehead atoms. The van der Waals surface area contributed by atoms with E-state index in [0.717, 1.165) is 53.6 Å². The molecule has 5 heteroatoms. The van der Waals surface area contributed by atoms with Crippen LogP contribution in [0.3, 0.4) is 0 Å².